The zero-order valence-corrected chi connectivity index (χ0v) is 10.6. The number of amides is 2. The summed E-state index contributed by atoms with van der Waals surface area (Å²) < 4.78 is 1.96. The minimum Gasteiger partial charge on any atom is -0.356 e. The van der Waals surface area contributed by atoms with Crippen LogP contribution in [0.4, 0.5) is 5.95 Å². The molecule has 2 aliphatic heterocycles. The molecule has 102 valence electrons. The van der Waals surface area contributed by atoms with E-state index in [0.29, 0.717) is 25.1 Å². The summed E-state index contributed by atoms with van der Waals surface area (Å²) in [6, 6.07) is -0.00288. The summed E-state index contributed by atoms with van der Waals surface area (Å²) in [4.78, 5) is 27.4. The van der Waals surface area contributed by atoms with Crippen LogP contribution in [0, 0.1) is 0 Å². The van der Waals surface area contributed by atoms with Crippen molar-refractivity contribution in [2.24, 2.45) is 0 Å². The molecule has 7 heteroatoms. The lowest BCUT2D eigenvalue weighted by molar-refractivity contribution is -0.122. The van der Waals surface area contributed by atoms with Crippen LogP contribution in [-0.4, -0.2) is 40.5 Å². The molecule has 0 bridgehead atoms. The van der Waals surface area contributed by atoms with Crippen LogP contribution < -0.4 is 16.0 Å². The van der Waals surface area contributed by atoms with Gasteiger partial charge < -0.3 is 20.5 Å². The molecule has 2 aliphatic rings. The van der Waals surface area contributed by atoms with Crippen LogP contribution in [0.25, 0.3) is 0 Å². The largest absolute Gasteiger partial charge is 0.356 e. The number of piperidine rings is 1. The van der Waals surface area contributed by atoms with Gasteiger partial charge in [-0.1, -0.05) is 0 Å². The molecule has 3 N–H and O–H groups in total. The molecule has 0 aliphatic carbocycles. The van der Waals surface area contributed by atoms with Gasteiger partial charge in [-0.15, -0.1) is 0 Å². The first-order valence-corrected chi connectivity index (χ1v) is 6.61. The fraction of sp³-hybridized carbons (Fsp3) is 0.583. The Morgan fingerprint density at radius 2 is 2.37 bits per heavy atom. The first kappa shape index (κ1) is 12.0. The van der Waals surface area contributed by atoms with E-state index in [1.165, 1.54) is 0 Å². The van der Waals surface area contributed by atoms with E-state index in [1.807, 2.05) is 4.57 Å². The van der Waals surface area contributed by atoms with Crippen LogP contribution in [0.15, 0.2) is 6.20 Å². The predicted molar refractivity (Wildman–Crippen MR) is 68.8 cm³/mol. The number of aryl methyl sites for hydroxylation is 1. The van der Waals surface area contributed by atoms with Crippen LogP contribution in [-0.2, 0) is 11.3 Å². The van der Waals surface area contributed by atoms with E-state index in [-0.39, 0.29) is 17.9 Å². The number of imidazole rings is 1. The smallest absolute Gasteiger partial charge is 0.271 e. The molecule has 1 aromatic rings. The van der Waals surface area contributed by atoms with Crippen LogP contribution in [0.5, 0.6) is 0 Å². The van der Waals surface area contributed by atoms with Crippen molar-refractivity contribution in [2.75, 3.05) is 18.4 Å². The number of nitrogens with zero attached hydrogens (tertiary/aromatic N) is 2. The quantitative estimate of drug-likeness (QED) is 0.684. The second-order valence-corrected chi connectivity index (χ2v) is 4.94. The molecule has 2 amide bonds. The zero-order chi connectivity index (χ0) is 13.2. The summed E-state index contributed by atoms with van der Waals surface area (Å²) in [7, 11) is 0. The molecule has 7 nitrogen and oxygen atoms in total. The maximum Gasteiger partial charge on any atom is 0.271 e. The molecule has 1 aromatic heterocycles. The fourth-order valence-corrected chi connectivity index (χ4v) is 2.40. The topological polar surface area (TPSA) is 88.0 Å². The lowest BCUT2D eigenvalue weighted by Gasteiger charge is -2.22. The number of rotatable bonds is 2. The fourth-order valence-electron chi connectivity index (χ4n) is 2.40. The van der Waals surface area contributed by atoms with Gasteiger partial charge in [-0.3, -0.25) is 9.59 Å². The highest BCUT2D eigenvalue weighted by atomic mass is 16.2. The van der Waals surface area contributed by atoms with Gasteiger partial charge in [0.2, 0.25) is 11.9 Å². The molecule has 1 unspecified atom stereocenters. The van der Waals surface area contributed by atoms with Crippen LogP contribution in [0.3, 0.4) is 0 Å². The van der Waals surface area contributed by atoms with Gasteiger partial charge in [-0.05, 0) is 12.8 Å². The van der Waals surface area contributed by atoms with E-state index in [9.17, 15) is 9.59 Å². The lowest BCUT2D eigenvalue weighted by Crippen LogP contribution is -2.47. The first-order chi connectivity index (χ1) is 9.22. The van der Waals surface area contributed by atoms with Crippen LogP contribution in [0.2, 0.25) is 0 Å². The number of anilines is 1. The van der Waals surface area contributed by atoms with Gasteiger partial charge in [0.1, 0.15) is 5.69 Å². The van der Waals surface area contributed by atoms with Gasteiger partial charge >= 0.3 is 0 Å². The van der Waals surface area contributed by atoms with Crippen LogP contribution >= 0.6 is 0 Å². The van der Waals surface area contributed by atoms with Gasteiger partial charge in [0.15, 0.2) is 0 Å². The molecule has 1 atom stereocenters. The summed E-state index contributed by atoms with van der Waals surface area (Å²) in [5, 5.41) is 8.82. The summed E-state index contributed by atoms with van der Waals surface area (Å²) in [5.74, 6) is 0.630. The Morgan fingerprint density at radius 1 is 1.47 bits per heavy atom. The van der Waals surface area contributed by atoms with E-state index in [0.717, 1.165) is 25.5 Å². The van der Waals surface area contributed by atoms with Gasteiger partial charge in [0.05, 0.1) is 0 Å². The highest BCUT2D eigenvalue weighted by Crippen LogP contribution is 2.14. The van der Waals surface area contributed by atoms with E-state index in [2.05, 4.69) is 20.9 Å². The number of carbonyl (C=O) groups is 2. The van der Waals surface area contributed by atoms with E-state index in [1.54, 1.807) is 6.20 Å². The molecular weight excluding hydrogens is 246 g/mol. The van der Waals surface area contributed by atoms with Crippen molar-refractivity contribution in [1.82, 2.24) is 20.2 Å². The Labute approximate surface area is 110 Å². The van der Waals surface area contributed by atoms with Gasteiger partial charge in [-0.2, -0.15) is 0 Å². The highest BCUT2D eigenvalue weighted by Gasteiger charge is 2.22. The maximum absolute atomic E-state index is 12.1. The third-order valence-electron chi connectivity index (χ3n) is 3.47. The minimum absolute atomic E-state index is 0.00288. The van der Waals surface area contributed by atoms with Crippen molar-refractivity contribution in [3.63, 3.8) is 0 Å². The van der Waals surface area contributed by atoms with Crippen molar-refractivity contribution in [3.8, 4) is 0 Å². The second kappa shape index (κ2) is 4.91. The number of hydrogen-bond acceptors (Lipinski definition) is 4. The van der Waals surface area contributed by atoms with Gasteiger partial charge in [-0.25, -0.2) is 4.98 Å². The molecule has 3 rings (SSSR count). The monoisotopic (exact) mass is 263 g/mol. The molecule has 0 aromatic carbocycles. The molecule has 1 saturated heterocycles. The Hall–Kier alpha value is -2.05. The number of aromatic nitrogens is 2. The van der Waals surface area contributed by atoms with E-state index < -0.39 is 0 Å². The Kier molecular flexibility index (Phi) is 3.10. The average molecular weight is 263 g/mol. The third-order valence-corrected chi connectivity index (χ3v) is 3.47. The third kappa shape index (κ3) is 2.54. The SMILES string of the molecule is O=C1CCC(NC(=O)c2cn3c(n2)NCCC3)CN1. The molecule has 0 spiro atoms. The molecule has 19 heavy (non-hydrogen) atoms. The average Bonchev–Trinajstić information content (AvgIpc) is 2.85. The normalized spacial score (nSPS) is 22.1. The van der Waals surface area contributed by atoms with Crippen molar-refractivity contribution in [1.29, 1.82) is 0 Å². The summed E-state index contributed by atoms with van der Waals surface area (Å²) in [6.45, 7) is 2.28. The Bertz CT molecular complexity index is 477. The van der Waals surface area contributed by atoms with Crippen molar-refractivity contribution in [3.05, 3.63) is 11.9 Å². The van der Waals surface area contributed by atoms with Crippen molar-refractivity contribution in [2.45, 2.75) is 31.8 Å². The molecule has 1 fully saturated rings. The lowest BCUT2D eigenvalue weighted by atomic mass is 10.1. The van der Waals surface area contributed by atoms with Gasteiger partial charge in [0.25, 0.3) is 5.91 Å². The number of carbonyl (C=O) groups excluding carboxylic acids is 2. The second-order valence-electron chi connectivity index (χ2n) is 4.94. The molecule has 0 saturated carbocycles. The van der Waals surface area contributed by atoms with Gasteiger partial charge in [0, 0.05) is 38.3 Å². The summed E-state index contributed by atoms with van der Waals surface area (Å²) in [6.07, 6.45) is 3.97. The zero-order valence-electron chi connectivity index (χ0n) is 10.6. The number of hydrogen-bond donors (Lipinski definition) is 3. The standard InChI is InChI=1S/C12H17N5O2/c18-10-3-2-8(6-14-10)15-11(19)9-7-17-5-1-4-13-12(17)16-9/h7-8H,1-6H2,(H,13,16)(H,14,18)(H,15,19). The Balaban J connectivity index is 1.63. The maximum atomic E-state index is 12.1. The van der Waals surface area contributed by atoms with Crippen molar-refractivity contribution >= 4 is 17.8 Å². The first-order valence-electron chi connectivity index (χ1n) is 6.61. The highest BCUT2D eigenvalue weighted by molar-refractivity contribution is 5.93. The predicted octanol–water partition coefficient (Wildman–Crippen LogP) is -0.293. The summed E-state index contributed by atoms with van der Waals surface area (Å²) >= 11 is 0. The van der Waals surface area contributed by atoms with E-state index >= 15 is 0 Å². The number of nitrogens with one attached hydrogen (secondary N) is 3. The summed E-state index contributed by atoms with van der Waals surface area (Å²) in [5.41, 5.74) is 0.432. The van der Waals surface area contributed by atoms with Crippen LogP contribution in [0.1, 0.15) is 29.8 Å². The molecule has 3 heterocycles. The Morgan fingerprint density at radius 3 is 3.11 bits per heavy atom. The van der Waals surface area contributed by atoms with Crippen molar-refractivity contribution < 1.29 is 9.59 Å². The molecule has 0 radical (unpaired) electrons. The molecular formula is C12H17N5O2. The number of fused-ring (bicyclic) bond motifs is 1. The minimum atomic E-state index is -0.176. The van der Waals surface area contributed by atoms with E-state index in [4.69, 9.17) is 0 Å².